The molecule has 1 rings (SSSR count). The predicted octanol–water partition coefficient (Wildman–Crippen LogP) is 2.03. The molecule has 1 unspecified atom stereocenters. The van der Waals surface area contributed by atoms with Crippen molar-refractivity contribution >= 4 is 0 Å². The van der Waals surface area contributed by atoms with E-state index in [0.29, 0.717) is 0 Å². The third-order valence-electron chi connectivity index (χ3n) is 1.51. The molecule has 1 atom stereocenters. The summed E-state index contributed by atoms with van der Waals surface area (Å²) in [6.07, 6.45) is 8.70. The number of allylic oxidation sites excluding steroid dienone is 4. The minimum absolute atomic E-state index is 0.241. The SMILES string of the molecule is CC1(C#N)C=CC=CC1. The first-order chi connectivity index (χ1) is 4.27. The Balaban J connectivity index is 2.77. The molecule has 0 heterocycles. The summed E-state index contributed by atoms with van der Waals surface area (Å²) in [5.41, 5.74) is -0.241. The molecule has 0 N–H and O–H groups in total. The quantitative estimate of drug-likeness (QED) is 0.478. The minimum Gasteiger partial charge on any atom is -0.197 e. The maximum atomic E-state index is 8.62. The van der Waals surface area contributed by atoms with Crippen molar-refractivity contribution in [1.82, 2.24) is 0 Å². The maximum Gasteiger partial charge on any atom is 0.0762 e. The van der Waals surface area contributed by atoms with Crippen LogP contribution in [-0.2, 0) is 0 Å². The van der Waals surface area contributed by atoms with Gasteiger partial charge in [-0.1, -0.05) is 24.3 Å². The molecule has 0 saturated carbocycles. The Morgan fingerprint density at radius 1 is 1.56 bits per heavy atom. The van der Waals surface area contributed by atoms with Crippen molar-refractivity contribution in [3.8, 4) is 6.07 Å². The highest BCUT2D eigenvalue weighted by atomic mass is 14.3. The van der Waals surface area contributed by atoms with E-state index in [0.717, 1.165) is 6.42 Å². The second-order valence-corrected chi connectivity index (χ2v) is 2.52. The summed E-state index contributed by atoms with van der Waals surface area (Å²) < 4.78 is 0. The summed E-state index contributed by atoms with van der Waals surface area (Å²) in [4.78, 5) is 0. The largest absolute Gasteiger partial charge is 0.197 e. The lowest BCUT2D eigenvalue weighted by Crippen LogP contribution is -2.09. The predicted molar refractivity (Wildman–Crippen MR) is 36.6 cm³/mol. The van der Waals surface area contributed by atoms with Crippen LogP contribution >= 0.6 is 0 Å². The van der Waals surface area contributed by atoms with Gasteiger partial charge >= 0.3 is 0 Å². The lowest BCUT2D eigenvalue weighted by molar-refractivity contribution is 0.573. The summed E-state index contributed by atoms with van der Waals surface area (Å²) in [5.74, 6) is 0. The van der Waals surface area contributed by atoms with Gasteiger partial charge in [0.05, 0.1) is 11.5 Å². The summed E-state index contributed by atoms with van der Waals surface area (Å²) in [7, 11) is 0. The molecule has 0 aliphatic heterocycles. The highest BCUT2D eigenvalue weighted by molar-refractivity contribution is 5.21. The van der Waals surface area contributed by atoms with Gasteiger partial charge in [0.1, 0.15) is 0 Å². The van der Waals surface area contributed by atoms with Gasteiger partial charge in [-0.2, -0.15) is 5.26 Å². The van der Waals surface area contributed by atoms with E-state index in [1.165, 1.54) is 0 Å². The van der Waals surface area contributed by atoms with Crippen LogP contribution in [0.15, 0.2) is 24.3 Å². The Morgan fingerprint density at radius 3 is 2.67 bits per heavy atom. The molecule has 1 aliphatic rings. The van der Waals surface area contributed by atoms with Gasteiger partial charge in [0.25, 0.3) is 0 Å². The van der Waals surface area contributed by atoms with Gasteiger partial charge in [0, 0.05) is 0 Å². The Bertz CT molecular complexity index is 195. The van der Waals surface area contributed by atoms with E-state index in [2.05, 4.69) is 6.07 Å². The Hall–Kier alpha value is -1.03. The normalized spacial score (nSPS) is 32.0. The van der Waals surface area contributed by atoms with Gasteiger partial charge in [-0.25, -0.2) is 0 Å². The molecule has 0 saturated heterocycles. The minimum atomic E-state index is -0.241. The molecule has 0 bridgehead atoms. The molecule has 1 aliphatic carbocycles. The van der Waals surface area contributed by atoms with Crippen molar-refractivity contribution in [2.24, 2.45) is 5.41 Å². The van der Waals surface area contributed by atoms with Gasteiger partial charge in [-0.3, -0.25) is 0 Å². The zero-order chi connectivity index (χ0) is 6.74. The molecule has 0 aromatic carbocycles. The van der Waals surface area contributed by atoms with Crippen molar-refractivity contribution in [2.75, 3.05) is 0 Å². The monoisotopic (exact) mass is 119 g/mol. The van der Waals surface area contributed by atoms with E-state index >= 15 is 0 Å². The van der Waals surface area contributed by atoms with Crippen molar-refractivity contribution in [3.05, 3.63) is 24.3 Å². The molecule has 9 heavy (non-hydrogen) atoms. The van der Waals surface area contributed by atoms with Crippen LogP contribution in [0.5, 0.6) is 0 Å². The van der Waals surface area contributed by atoms with Crippen LogP contribution in [0.2, 0.25) is 0 Å². The van der Waals surface area contributed by atoms with E-state index in [-0.39, 0.29) is 5.41 Å². The fourth-order valence-corrected chi connectivity index (χ4v) is 0.810. The Morgan fingerprint density at radius 2 is 2.33 bits per heavy atom. The van der Waals surface area contributed by atoms with Crippen LogP contribution in [0.1, 0.15) is 13.3 Å². The van der Waals surface area contributed by atoms with Crippen LogP contribution in [0.4, 0.5) is 0 Å². The van der Waals surface area contributed by atoms with Crippen LogP contribution in [0.3, 0.4) is 0 Å². The van der Waals surface area contributed by atoms with Crippen LogP contribution in [-0.4, -0.2) is 0 Å². The molecule has 46 valence electrons. The van der Waals surface area contributed by atoms with Crippen LogP contribution < -0.4 is 0 Å². The summed E-state index contributed by atoms with van der Waals surface area (Å²) >= 11 is 0. The average Bonchev–Trinajstić information content (AvgIpc) is 1.90. The van der Waals surface area contributed by atoms with Crippen molar-refractivity contribution < 1.29 is 0 Å². The summed E-state index contributed by atoms with van der Waals surface area (Å²) in [6, 6.07) is 2.24. The van der Waals surface area contributed by atoms with Gasteiger partial charge in [0.2, 0.25) is 0 Å². The Kier molecular flexibility index (Phi) is 1.40. The summed E-state index contributed by atoms with van der Waals surface area (Å²) in [6.45, 7) is 1.94. The van der Waals surface area contributed by atoms with Gasteiger partial charge < -0.3 is 0 Å². The topological polar surface area (TPSA) is 23.8 Å². The number of hydrogen-bond acceptors (Lipinski definition) is 1. The third kappa shape index (κ3) is 1.20. The van der Waals surface area contributed by atoms with Crippen molar-refractivity contribution in [1.29, 1.82) is 5.26 Å². The van der Waals surface area contributed by atoms with Gasteiger partial charge in [0.15, 0.2) is 0 Å². The first-order valence-corrected chi connectivity index (χ1v) is 3.02. The summed E-state index contributed by atoms with van der Waals surface area (Å²) in [5, 5.41) is 8.62. The number of hydrogen-bond donors (Lipinski definition) is 0. The molecule has 0 aromatic heterocycles. The van der Waals surface area contributed by atoms with Gasteiger partial charge in [-0.05, 0) is 13.3 Å². The smallest absolute Gasteiger partial charge is 0.0762 e. The second kappa shape index (κ2) is 2.06. The fourth-order valence-electron chi connectivity index (χ4n) is 0.810. The number of rotatable bonds is 0. The lowest BCUT2D eigenvalue weighted by Gasteiger charge is -2.15. The molecular formula is C8H9N. The lowest BCUT2D eigenvalue weighted by atomic mass is 9.86. The molecule has 0 radical (unpaired) electrons. The highest BCUT2D eigenvalue weighted by Crippen LogP contribution is 2.25. The fraction of sp³-hybridized carbons (Fsp3) is 0.375. The van der Waals surface area contributed by atoms with Crippen molar-refractivity contribution in [3.63, 3.8) is 0 Å². The molecular weight excluding hydrogens is 110 g/mol. The van der Waals surface area contributed by atoms with E-state index in [4.69, 9.17) is 5.26 Å². The zero-order valence-electron chi connectivity index (χ0n) is 5.46. The van der Waals surface area contributed by atoms with Crippen LogP contribution in [0, 0.1) is 16.7 Å². The molecule has 0 fully saturated rings. The molecule has 0 aromatic rings. The number of nitriles is 1. The molecule has 1 heteroatoms. The van der Waals surface area contributed by atoms with E-state index in [1.807, 2.05) is 31.2 Å². The first kappa shape index (κ1) is 6.10. The van der Waals surface area contributed by atoms with E-state index in [9.17, 15) is 0 Å². The maximum absolute atomic E-state index is 8.62. The molecule has 0 spiro atoms. The highest BCUT2D eigenvalue weighted by Gasteiger charge is 2.18. The molecule has 1 nitrogen and oxygen atoms in total. The number of nitrogens with zero attached hydrogens (tertiary/aromatic N) is 1. The standard InChI is InChI=1S/C8H9N/c1-8(7-9)5-3-2-4-6-8/h2-5H,6H2,1H3. The van der Waals surface area contributed by atoms with E-state index < -0.39 is 0 Å². The second-order valence-electron chi connectivity index (χ2n) is 2.52. The first-order valence-electron chi connectivity index (χ1n) is 3.02. The average molecular weight is 119 g/mol. The Labute approximate surface area is 55.3 Å². The van der Waals surface area contributed by atoms with E-state index in [1.54, 1.807) is 0 Å². The molecule has 0 amide bonds. The zero-order valence-corrected chi connectivity index (χ0v) is 5.46. The van der Waals surface area contributed by atoms with Crippen molar-refractivity contribution in [2.45, 2.75) is 13.3 Å². The third-order valence-corrected chi connectivity index (χ3v) is 1.51. The van der Waals surface area contributed by atoms with Crippen LogP contribution in [0.25, 0.3) is 0 Å². The van der Waals surface area contributed by atoms with Gasteiger partial charge in [-0.15, -0.1) is 0 Å².